The third-order valence-corrected chi connectivity index (χ3v) is 3.65. The standard InChI is InChI=1S/C17H14N2O/c18-11-10-15-14-8-4-5-9-16(14)19(17(15)20)12-13-6-2-1-3-7-13/h1-9,15H,10,12H2. The quantitative estimate of drug-likeness (QED) is 0.852. The number of anilines is 1. The number of rotatable bonds is 3. The second-order valence-corrected chi connectivity index (χ2v) is 4.88. The van der Waals surface area contributed by atoms with Gasteiger partial charge in [0.05, 0.1) is 25.0 Å². The Labute approximate surface area is 118 Å². The van der Waals surface area contributed by atoms with Crippen molar-refractivity contribution in [2.24, 2.45) is 0 Å². The summed E-state index contributed by atoms with van der Waals surface area (Å²) in [6.45, 7) is 0.554. The number of amides is 1. The van der Waals surface area contributed by atoms with E-state index in [2.05, 4.69) is 6.07 Å². The predicted octanol–water partition coefficient (Wildman–Crippen LogP) is 3.23. The van der Waals surface area contributed by atoms with Gasteiger partial charge in [-0.25, -0.2) is 0 Å². The molecule has 2 aromatic carbocycles. The Hall–Kier alpha value is -2.60. The fourth-order valence-electron chi connectivity index (χ4n) is 2.69. The molecule has 0 saturated heterocycles. The molecule has 0 N–H and O–H groups in total. The van der Waals surface area contributed by atoms with E-state index in [0.717, 1.165) is 16.8 Å². The van der Waals surface area contributed by atoms with Crippen LogP contribution in [0.3, 0.4) is 0 Å². The molecule has 0 bridgehead atoms. The molecule has 1 aliphatic heterocycles. The Bertz CT molecular complexity index is 673. The molecule has 1 aliphatic rings. The number of para-hydroxylation sites is 1. The Morgan fingerprint density at radius 1 is 1.05 bits per heavy atom. The smallest absolute Gasteiger partial charge is 0.235 e. The van der Waals surface area contributed by atoms with Crippen molar-refractivity contribution >= 4 is 11.6 Å². The summed E-state index contributed by atoms with van der Waals surface area (Å²) in [6.07, 6.45) is 0.237. The van der Waals surface area contributed by atoms with E-state index in [1.165, 1.54) is 0 Å². The fraction of sp³-hybridized carbons (Fsp3) is 0.176. The number of carbonyl (C=O) groups excluding carboxylic acids is 1. The summed E-state index contributed by atoms with van der Waals surface area (Å²) in [4.78, 5) is 14.3. The molecule has 0 radical (unpaired) electrons. The van der Waals surface area contributed by atoms with Crippen LogP contribution in [0.5, 0.6) is 0 Å². The predicted molar refractivity (Wildman–Crippen MR) is 77.0 cm³/mol. The largest absolute Gasteiger partial charge is 0.307 e. The van der Waals surface area contributed by atoms with Gasteiger partial charge in [-0.1, -0.05) is 48.5 Å². The minimum Gasteiger partial charge on any atom is -0.307 e. The van der Waals surface area contributed by atoms with Crippen molar-refractivity contribution in [1.29, 1.82) is 5.26 Å². The van der Waals surface area contributed by atoms with Crippen molar-refractivity contribution < 1.29 is 4.79 Å². The molecule has 1 unspecified atom stereocenters. The lowest BCUT2D eigenvalue weighted by atomic mass is 9.98. The van der Waals surface area contributed by atoms with Gasteiger partial charge >= 0.3 is 0 Å². The first kappa shape index (κ1) is 12.4. The van der Waals surface area contributed by atoms with Gasteiger partial charge in [0.2, 0.25) is 5.91 Å². The van der Waals surface area contributed by atoms with Crippen LogP contribution in [0.2, 0.25) is 0 Å². The van der Waals surface area contributed by atoms with Gasteiger partial charge in [-0.05, 0) is 17.2 Å². The van der Waals surface area contributed by atoms with Gasteiger partial charge < -0.3 is 4.90 Å². The maximum Gasteiger partial charge on any atom is 0.235 e. The van der Waals surface area contributed by atoms with Crippen molar-refractivity contribution in [2.75, 3.05) is 4.90 Å². The molecule has 2 aromatic rings. The summed E-state index contributed by atoms with van der Waals surface area (Å²) in [7, 11) is 0. The molecular weight excluding hydrogens is 248 g/mol. The SMILES string of the molecule is N#CCC1C(=O)N(Cc2ccccc2)c2ccccc21. The van der Waals surface area contributed by atoms with Crippen LogP contribution in [0.25, 0.3) is 0 Å². The zero-order valence-electron chi connectivity index (χ0n) is 11.0. The van der Waals surface area contributed by atoms with E-state index in [0.29, 0.717) is 6.54 Å². The Balaban J connectivity index is 1.96. The first-order valence-corrected chi connectivity index (χ1v) is 6.62. The molecular formula is C17H14N2O. The fourth-order valence-corrected chi connectivity index (χ4v) is 2.69. The molecule has 1 atom stereocenters. The number of fused-ring (bicyclic) bond motifs is 1. The van der Waals surface area contributed by atoms with Crippen molar-refractivity contribution in [3.63, 3.8) is 0 Å². The van der Waals surface area contributed by atoms with Gasteiger partial charge in [0.1, 0.15) is 0 Å². The number of nitrogens with zero attached hydrogens (tertiary/aromatic N) is 2. The summed E-state index contributed by atoms with van der Waals surface area (Å²) in [5, 5.41) is 8.93. The van der Waals surface area contributed by atoms with E-state index in [4.69, 9.17) is 5.26 Å². The molecule has 3 rings (SSSR count). The Kier molecular flexibility index (Phi) is 3.22. The molecule has 3 nitrogen and oxygen atoms in total. The molecule has 0 spiro atoms. The lowest BCUT2D eigenvalue weighted by Gasteiger charge is -2.17. The molecule has 98 valence electrons. The van der Waals surface area contributed by atoms with Gasteiger partial charge in [0.15, 0.2) is 0 Å². The summed E-state index contributed by atoms with van der Waals surface area (Å²) in [5.74, 6) is -0.295. The lowest BCUT2D eigenvalue weighted by molar-refractivity contribution is -0.119. The van der Waals surface area contributed by atoms with E-state index < -0.39 is 0 Å². The van der Waals surface area contributed by atoms with Crippen LogP contribution in [-0.4, -0.2) is 5.91 Å². The number of hydrogen-bond acceptors (Lipinski definition) is 2. The van der Waals surface area contributed by atoms with Crippen LogP contribution >= 0.6 is 0 Å². The highest BCUT2D eigenvalue weighted by molar-refractivity contribution is 6.05. The normalized spacial score (nSPS) is 16.9. The number of nitriles is 1. The average molecular weight is 262 g/mol. The number of benzene rings is 2. The number of hydrogen-bond donors (Lipinski definition) is 0. The van der Waals surface area contributed by atoms with Crippen molar-refractivity contribution in [1.82, 2.24) is 0 Å². The van der Waals surface area contributed by atoms with Gasteiger partial charge in [0, 0.05) is 5.69 Å². The molecule has 3 heteroatoms. The summed E-state index contributed by atoms with van der Waals surface area (Å²) < 4.78 is 0. The summed E-state index contributed by atoms with van der Waals surface area (Å²) in [6, 6.07) is 19.8. The van der Waals surface area contributed by atoms with Crippen molar-refractivity contribution in [3.05, 3.63) is 65.7 Å². The average Bonchev–Trinajstić information content (AvgIpc) is 2.75. The van der Waals surface area contributed by atoms with E-state index in [-0.39, 0.29) is 18.2 Å². The van der Waals surface area contributed by atoms with Crippen LogP contribution in [0.4, 0.5) is 5.69 Å². The highest BCUT2D eigenvalue weighted by Crippen LogP contribution is 2.39. The van der Waals surface area contributed by atoms with Gasteiger partial charge in [-0.15, -0.1) is 0 Å². The molecule has 20 heavy (non-hydrogen) atoms. The third kappa shape index (κ3) is 2.06. The maximum atomic E-state index is 12.5. The summed E-state index contributed by atoms with van der Waals surface area (Å²) in [5.41, 5.74) is 2.99. The van der Waals surface area contributed by atoms with Crippen molar-refractivity contribution in [2.45, 2.75) is 18.9 Å². The third-order valence-electron chi connectivity index (χ3n) is 3.65. The topological polar surface area (TPSA) is 44.1 Å². The van der Waals surface area contributed by atoms with Crippen LogP contribution in [0.1, 0.15) is 23.5 Å². The molecule has 1 amide bonds. The summed E-state index contributed by atoms with van der Waals surface area (Å²) >= 11 is 0. The minimum atomic E-state index is -0.320. The van der Waals surface area contributed by atoms with Gasteiger partial charge in [-0.3, -0.25) is 4.79 Å². The number of carbonyl (C=O) groups is 1. The lowest BCUT2D eigenvalue weighted by Crippen LogP contribution is -2.28. The van der Waals surface area contributed by atoms with Crippen LogP contribution in [0.15, 0.2) is 54.6 Å². The second-order valence-electron chi connectivity index (χ2n) is 4.88. The first-order valence-electron chi connectivity index (χ1n) is 6.62. The first-order chi connectivity index (χ1) is 9.81. The molecule has 0 fully saturated rings. The van der Waals surface area contributed by atoms with Crippen molar-refractivity contribution in [3.8, 4) is 6.07 Å². The Morgan fingerprint density at radius 3 is 2.50 bits per heavy atom. The molecule has 0 saturated carbocycles. The Morgan fingerprint density at radius 2 is 1.75 bits per heavy atom. The van der Waals surface area contributed by atoms with Gasteiger partial charge in [-0.2, -0.15) is 5.26 Å². The van der Waals surface area contributed by atoms with E-state index >= 15 is 0 Å². The zero-order chi connectivity index (χ0) is 13.9. The highest BCUT2D eigenvalue weighted by atomic mass is 16.2. The second kappa shape index (κ2) is 5.18. The molecule has 0 aliphatic carbocycles. The van der Waals surface area contributed by atoms with E-state index in [9.17, 15) is 4.79 Å². The van der Waals surface area contributed by atoms with E-state index in [1.807, 2.05) is 54.6 Å². The van der Waals surface area contributed by atoms with Crippen LogP contribution < -0.4 is 4.90 Å². The van der Waals surface area contributed by atoms with Crippen LogP contribution in [0, 0.1) is 11.3 Å². The monoisotopic (exact) mass is 262 g/mol. The maximum absolute atomic E-state index is 12.5. The molecule has 0 aromatic heterocycles. The van der Waals surface area contributed by atoms with E-state index in [1.54, 1.807) is 4.90 Å². The highest BCUT2D eigenvalue weighted by Gasteiger charge is 2.36. The molecule has 1 heterocycles. The minimum absolute atomic E-state index is 0.0246. The van der Waals surface area contributed by atoms with Crippen LogP contribution in [-0.2, 0) is 11.3 Å². The zero-order valence-corrected chi connectivity index (χ0v) is 11.0. The van der Waals surface area contributed by atoms with Gasteiger partial charge in [0.25, 0.3) is 0 Å².